The molecule has 2 heterocycles. The summed E-state index contributed by atoms with van der Waals surface area (Å²) in [7, 11) is 1.46. The first-order valence-electron chi connectivity index (χ1n) is 6.41. The highest BCUT2D eigenvalue weighted by atomic mass is 16.5. The Morgan fingerprint density at radius 2 is 2.17 bits per heavy atom. The van der Waals surface area contributed by atoms with Gasteiger partial charge in [-0.05, 0) is 44.5 Å². The number of carbonyl (C=O) groups excluding carboxylic acids is 1. The zero-order valence-electron chi connectivity index (χ0n) is 11.1. The van der Waals surface area contributed by atoms with E-state index in [9.17, 15) is 4.79 Å². The van der Waals surface area contributed by atoms with Crippen molar-refractivity contribution in [1.82, 2.24) is 9.88 Å². The SMILES string of the molecule is COC(=O)C1CCN(Cc2ccc(C)nc2)CC1. The van der Waals surface area contributed by atoms with Crippen molar-refractivity contribution in [3.05, 3.63) is 29.6 Å². The number of ether oxygens (including phenoxy) is 1. The average Bonchev–Trinajstić information content (AvgIpc) is 2.41. The first kappa shape index (κ1) is 13.0. The number of likely N-dealkylation sites (tertiary alicyclic amines) is 1. The van der Waals surface area contributed by atoms with Crippen molar-refractivity contribution < 1.29 is 9.53 Å². The van der Waals surface area contributed by atoms with E-state index in [1.165, 1.54) is 12.7 Å². The summed E-state index contributed by atoms with van der Waals surface area (Å²) in [4.78, 5) is 18.1. The second kappa shape index (κ2) is 5.96. The smallest absolute Gasteiger partial charge is 0.308 e. The third kappa shape index (κ3) is 3.29. The molecule has 0 aromatic carbocycles. The van der Waals surface area contributed by atoms with Crippen molar-refractivity contribution in [3.63, 3.8) is 0 Å². The van der Waals surface area contributed by atoms with Crippen LogP contribution in [0, 0.1) is 12.8 Å². The van der Waals surface area contributed by atoms with E-state index in [2.05, 4.69) is 16.0 Å². The molecule has 0 atom stereocenters. The van der Waals surface area contributed by atoms with Gasteiger partial charge >= 0.3 is 5.97 Å². The van der Waals surface area contributed by atoms with Crippen LogP contribution in [-0.4, -0.2) is 36.1 Å². The third-order valence-corrected chi connectivity index (χ3v) is 3.50. The third-order valence-electron chi connectivity index (χ3n) is 3.50. The monoisotopic (exact) mass is 248 g/mol. The van der Waals surface area contributed by atoms with Crippen molar-refractivity contribution in [2.45, 2.75) is 26.3 Å². The van der Waals surface area contributed by atoms with Crippen LogP contribution >= 0.6 is 0 Å². The molecule has 18 heavy (non-hydrogen) atoms. The molecule has 0 saturated carbocycles. The number of carbonyl (C=O) groups is 1. The van der Waals surface area contributed by atoms with Crippen LogP contribution in [-0.2, 0) is 16.1 Å². The fraction of sp³-hybridized carbons (Fsp3) is 0.571. The Morgan fingerprint density at radius 3 is 2.72 bits per heavy atom. The summed E-state index contributed by atoms with van der Waals surface area (Å²) >= 11 is 0. The van der Waals surface area contributed by atoms with E-state index in [-0.39, 0.29) is 11.9 Å². The van der Waals surface area contributed by atoms with Gasteiger partial charge in [0.25, 0.3) is 0 Å². The van der Waals surface area contributed by atoms with Crippen molar-refractivity contribution in [2.75, 3.05) is 20.2 Å². The summed E-state index contributed by atoms with van der Waals surface area (Å²) in [5, 5.41) is 0. The average molecular weight is 248 g/mol. The van der Waals surface area contributed by atoms with E-state index < -0.39 is 0 Å². The number of piperidine rings is 1. The molecule has 1 aromatic rings. The van der Waals surface area contributed by atoms with Crippen LogP contribution < -0.4 is 0 Å². The number of nitrogens with zero attached hydrogens (tertiary/aromatic N) is 2. The number of aryl methyl sites for hydroxylation is 1. The highest BCUT2D eigenvalue weighted by molar-refractivity contribution is 5.72. The van der Waals surface area contributed by atoms with Crippen molar-refractivity contribution in [3.8, 4) is 0 Å². The molecule has 4 heteroatoms. The molecule has 98 valence electrons. The molecule has 1 fully saturated rings. The van der Waals surface area contributed by atoms with Crippen LogP contribution in [0.25, 0.3) is 0 Å². The zero-order chi connectivity index (χ0) is 13.0. The zero-order valence-corrected chi connectivity index (χ0v) is 11.1. The Labute approximate surface area is 108 Å². The van der Waals surface area contributed by atoms with Crippen LogP contribution in [0.4, 0.5) is 0 Å². The lowest BCUT2D eigenvalue weighted by molar-refractivity contribution is -0.147. The number of aromatic nitrogens is 1. The first-order valence-corrected chi connectivity index (χ1v) is 6.41. The first-order chi connectivity index (χ1) is 8.69. The normalized spacial score (nSPS) is 17.7. The summed E-state index contributed by atoms with van der Waals surface area (Å²) in [6.45, 7) is 4.81. The van der Waals surface area contributed by atoms with Gasteiger partial charge in [-0.15, -0.1) is 0 Å². The molecule has 0 unspecified atom stereocenters. The molecule has 0 radical (unpaired) electrons. The van der Waals surface area contributed by atoms with Gasteiger partial charge in [0.05, 0.1) is 13.0 Å². The standard InChI is InChI=1S/C14H20N2O2/c1-11-3-4-12(9-15-11)10-16-7-5-13(6-8-16)14(17)18-2/h3-4,9,13H,5-8,10H2,1-2H3. The van der Waals surface area contributed by atoms with Gasteiger partial charge in [-0.2, -0.15) is 0 Å². The number of methoxy groups -OCH3 is 1. The Hall–Kier alpha value is -1.42. The van der Waals surface area contributed by atoms with Crippen LogP contribution in [0.1, 0.15) is 24.1 Å². The van der Waals surface area contributed by atoms with E-state index >= 15 is 0 Å². The number of esters is 1. The topological polar surface area (TPSA) is 42.4 Å². The van der Waals surface area contributed by atoms with Gasteiger partial charge in [0.15, 0.2) is 0 Å². The molecule has 1 saturated heterocycles. The maximum absolute atomic E-state index is 11.4. The van der Waals surface area contributed by atoms with Crippen molar-refractivity contribution >= 4 is 5.97 Å². The molecule has 1 aromatic heterocycles. The number of pyridine rings is 1. The second-order valence-corrected chi connectivity index (χ2v) is 4.88. The fourth-order valence-corrected chi connectivity index (χ4v) is 2.34. The predicted molar refractivity (Wildman–Crippen MR) is 69.0 cm³/mol. The quantitative estimate of drug-likeness (QED) is 0.765. The molecule has 2 rings (SSSR count). The number of hydrogen-bond acceptors (Lipinski definition) is 4. The molecule has 0 N–H and O–H groups in total. The number of rotatable bonds is 3. The van der Waals surface area contributed by atoms with Crippen LogP contribution in [0.2, 0.25) is 0 Å². The van der Waals surface area contributed by atoms with E-state index in [1.807, 2.05) is 19.2 Å². The van der Waals surface area contributed by atoms with Crippen LogP contribution in [0.15, 0.2) is 18.3 Å². The molecule has 0 amide bonds. The van der Waals surface area contributed by atoms with Gasteiger partial charge in [-0.1, -0.05) is 6.07 Å². The minimum Gasteiger partial charge on any atom is -0.469 e. The lowest BCUT2D eigenvalue weighted by Crippen LogP contribution is -2.36. The minimum atomic E-state index is -0.0633. The highest BCUT2D eigenvalue weighted by Crippen LogP contribution is 2.19. The molecule has 4 nitrogen and oxygen atoms in total. The van der Waals surface area contributed by atoms with Crippen molar-refractivity contribution in [2.24, 2.45) is 5.92 Å². The summed E-state index contributed by atoms with van der Waals surface area (Å²) in [6, 6.07) is 4.16. The second-order valence-electron chi connectivity index (χ2n) is 4.88. The van der Waals surface area contributed by atoms with Gasteiger partial charge in [-0.25, -0.2) is 0 Å². The molecule has 0 spiro atoms. The summed E-state index contributed by atoms with van der Waals surface area (Å²) in [5.74, 6) is 0.0223. The van der Waals surface area contributed by atoms with Gasteiger partial charge in [0.2, 0.25) is 0 Å². The number of hydrogen-bond donors (Lipinski definition) is 0. The highest BCUT2D eigenvalue weighted by Gasteiger charge is 2.25. The van der Waals surface area contributed by atoms with Gasteiger partial charge < -0.3 is 4.74 Å². The van der Waals surface area contributed by atoms with Gasteiger partial charge in [0.1, 0.15) is 0 Å². The van der Waals surface area contributed by atoms with E-state index in [0.717, 1.165) is 38.2 Å². The summed E-state index contributed by atoms with van der Waals surface area (Å²) in [5.41, 5.74) is 2.28. The van der Waals surface area contributed by atoms with E-state index in [4.69, 9.17) is 4.74 Å². The Balaban J connectivity index is 1.83. The Kier molecular flexibility index (Phi) is 4.31. The fourth-order valence-electron chi connectivity index (χ4n) is 2.34. The van der Waals surface area contributed by atoms with Crippen LogP contribution in [0.3, 0.4) is 0 Å². The van der Waals surface area contributed by atoms with Crippen LogP contribution in [0.5, 0.6) is 0 Å². The maximum atomic E-state index is 11.4. The molecule has 0 bridgehead atoms. The summed E-state index contributed by atoms with van der Waals surface area (Å²) in [6.07, 6.45) is 3.72. The largest absolute Gasteiger partial charge is 0.469 e. The maximum Gasteiger partial charge on any atom is 0.308 e. The lowest BCUT2D eigenvalue weighted by atomic mass is 9.97. The molecule has 1 aliphatic rings. The predicted octanol–water partition coefficient (Wildman–Crippen LogP) is 1.78. The molecule has 0 aliphatic carbocycles. The molecule has 1 aliphatic heterocycles. The minimum absolute atomic E-state index is 0.0633. The Morgan fingerprint density at radius 1 is 1.44 bits per heavy atom. The van der Waals surface area contributed by atoms with Crippen molar-refractivity contribution in [1.29, 1.82) is 0 Å². The Bertz CT molecular complexity index is 395. The van der Waals surface area contributed by atoms with Gasteiger partial charge in [-0.3, -0.25) is 14.7 Å². The van der Waals surface area contributed by atoms with E-state index in [1.54, 1.807) is 0 Å². The molecular formula is C14H20N2O2. The van der Waals surface area contributed by atoms with E-state index in [0.29, 0.717) is 0 Å². The van der Waals surface area contributed by atoms with Gasteiger partial charge in [0, 0.05) is 18.4 Å². The molecular weight excluding hydrogens is 228 g/mol. The lowest BCUT2D eigenvalue weighted by Gasteiger charge is -2.30. The summed E-state index contributed by atoms with van der Waals surface area (Å²) < 4.78 is 4.79.